The summed E-state index contributed by atoms with van der Waals surface area (Å²) in [7, 11) is 0. The molecule has 94 valence electrons. The van der Waals surface area contributed by atoms with Crippen molar-refractivity contribution in [3.05, 3.63) is 35.4 Å². The van der Waals surface area contributed by atoms with Gasteiger partial charge in [-0.3, -0.25) is 4.79 Å². The highest BCUT2D eigenvalue weighted by molar-refractivity contribution is 5.70. The molecule has 2 unspecified atom stereocenters. The third-order valence-electron chi connectivity index (χ3n) is 2.76. The molecule has 0 aliphatic carbocycles. The molecule has 0 aromatic heterocycles. The highest BCUT2D eigenvalue weighted by Crippen LogP contribution is 2.26. The molecule has 0 bridgehead atoms. The molecule has 1 aromatic carbocycles. The molecule has 0 saturated heterocycles. The summed E-state index contributed by atoms with van der Waals surface area (Å²) in [4.78, 5) is 10.8. The molecular weight excluding hydrogens is 228 g/mol. The number of nitrogens with two attached hydrogens (primary N) is 1. The van der Waals surface area contributed by atoms with Gasteiger partial charge in [0.15, 0.2) is 0 Å². The van der Waals surface area contributed by atoms with Gasteiger partial charge in [0.05, 0.1) is 5.92 Å². The van der Waals surface area contributed by atoms with Crippen LogP contribution < -0.4 is 5.73 Å². The predicted octanol–water partition coefficient (Wildman–Crippen LogP) is 2.12. The molecule has 3 N–H and O–H groups in total. The Morgan fingerprint density at radius 2 is 2.12 bits per heavy atom. The van der Waals surface area contributed by atoms with Gasteiger partial charge in [-0.2, -0.15) is 0 Å². The molecule has 2 atom stereocenters. The quantitative estimate of drug-likeness (QED) is 0.832. The number of aliphatic carboxylic acids is 1. The maximum absolute atomic E-state index is 13.4. The Hall–Kier alpha value is -1.49. The van der Waals surface area contributed by atoms with Gasteiger partial charge in [-0.1, -0.05) is 6.92 Å². The first-order valence-electron chi connectivity index (χ1n) is 5.33. The lowest BCUT2D eigenvalue weighted by Gasteiger charge is -2.17. The first-order valence-corrected chi connectivity index (χ1v) is 5.33. The fraction of sp³-hybridized carbons (Fsp3) is 0.417. The third-order valence-corrected chi connectivity index (χ3v) is 2.76. The lowest BCUT2D eigenvalue weighted by molar-refractivity contribution is -0.141. The summed E-state index contributed by atoms with van der Waals surface area (Å²) in [5, 5.41) is 8.85. The van der Waals surface area contributed by atoms with Gasteiger partial charge in [0, 0.05) is 6.54 Å². The van der Waals surface area contributed by atoms with Crippen LogP contribution in [0.1, 0.15) is 24.8 Å². The van der Waals surface area contributed by atoms with E-state index < -0.39 is 29.4 Å². The third kappa shape index (κ3) is 3.49. The van der Waals surface area contributed by atoms with E-state index in [2.05, 4.69) is 0 Å². The Morgan fingerprint density at radius 1 is 1.47 bits per heavy atom. The second-order valence-electron chi connectivity index (χ2n) is 4.07. The topological polar surface area (TPSA) is 63.3 Å². The Morgan fingerprint density at radius 3 is 2.65 bits per heavy atom. The van der Waals surface area contributed by atoms with Crippen LogP contribution in [0.4, 0.5) is 8.78 Å². The molecule has 0 saturated carbocycles. The molecule has 5 heteroatoms. The number of hydrogen-bond donors (Lipinski definition) is 2. The number of hydrogen-bond acceptors (Lipinski definition) is 2. The van der Waals surface area contributed by atoms with Crippen molar-refractivity contribution in [3.8, 4) is 0 Å². The highest BCUT2D eigenvalue weighted by Gasteiger charge is 2.21. The summed E-state index contributed by atoms with van der Waals surface area (Å²) in [5.74, 6) is -3.22. The Balaban J connectivity index is 2.85. The Bertz CT molecular complexity index is 409. The minimum atomic E-state index is -1.02. The molecule has 0 radical (unpaired) electrons. The standard InChI is InChI=1S/C12H15F2NO2/c1-7(4-8(6-15)12(16)17)10-5-9(13)2-3-11(10)14/h2-3,5,7-8H,4,6,15H2,1H3,(H,16,17). The lowest BCUT2D eigenvalue weighted by Crippen LogP contribution is -2.25. The fourth-order valence-electron chi connectivity index (χ4n) is 1.74. The molecule has 0 fully saturated rings. The maximum Gasteiger partial charge on any atom is 0.307 e. The van der Waals surface area contributed by atoms with Gasteiger partial charge >= 0.3 is 5.97 Å². The number of rotatable bonds is 5. The summed E-state index contributed by atoms with van der Waals surface area (Å²) in [5.41, 5.74) is 5.50. The van der Waals surface area contributed by atoms with Crippen LogP contribution in [0, 0.1) is 17.6 Å². The van der Waals surface area contributed by atoms with Crippen LogP contribution in [0.3, 0.4) is 0 Å². The van der Waals surface area contributed by atoms with Crippen molar-refractivity contribution in [1.82, 2.24) is 0 Å². The van der Waals surface area contributed by atoms with Crippen LogP contribution in [0.25, 0.3) is 0 Å². The highest BCUT2D eigenvalue weighted by atomic mass is 19.1. The van der Waals surface area contributed by atoms with E-state index >= 15 is 0 Å². The van der Waals surface area contributed by atoms with E-state index in [1.54, 1.807) is 6.92 Å². The zero-order valence-electron chi connectivity index (χ0n) is 9.49. The van der Waals surface area contributed by atoms with Crippen molar-refractivity contribution in [1.29, 1.82) is 0 Å². The van der Waals surface area contributed by atoms with Crippen molar-refractivity contribution in [2.24, 2.45) is 11.7 Å². The van der Waals surface area contributed by atoms with Crippen molar-refractivity contribution in [2.75, 3.05) is 6.54 Å². The second-order valence-corrected chi connectivity index (χ2v) is 4.07. The van der Waals surface area contributed by atoms with Gasteiger partial charge in [0.2, 0.25) is 0 Å². The van der Waals surface area contributed by atoms with Gasteiger partial charge in [-0.05, 0) is 36.1 Å². The van der Waals surface area contributed by atoms with Crippen molar-refractivity contribution in [2.45, 2.75) is 19.3 Å². The summed E-state index contributed by atoms with van der Waals surface area (Å²) < 4.78 is 26.4. The molecule has 0 aliphatic rings. The fourth-order valence-corrected chi connectivity index (χ4v) is 1.74. The van der Waals surface area contributed by atoms with Crippen LogP contribution in [0.15, 0.2) is 18.2 Å². The predicted molar refractivity (Wildman–Crippen MR) is 59.6 cm³/mol. The van der Waals surface area contributed by atoms with Crippen molar-refractivity contribution in [3.63, 3.8) is 0 Å². The average Bonchev–Trinajstić information content (AvgIpc) is 2.28. The van der Waals surface area contributed by atoms with E-state index in [4.69, 9.17) is 10.8 Å². The number of carboxylic acid groups (broad SMARTS) is 1. The second kappa shape index (κ2) is 5.72. The van der Waals surface area contributed by atoms with Gasteiger partial charge in [-0.15, -0.1) is 0 Å². The molecule has 0 amide bonds. The normalized spacial score (nSPS) is 14.4. The summed E-state index contributed by atoms with van der Waals surface area (Å²) in [6.07, 6.45) is 0.187. The Kier molecular flexibility index (Phi) is 4.57. The first kappa shape index (κ1) is 13.6. The molecule has 1 aromatic rings. The van der Waals surface area contributed by atoms with Crippen LogP contribution in [0.2, 0.25) is 0 Å². The number of halogens is 2. The average molecular weight is 243 g/mol. The van der Waals surface area contributed by atoms with E-state index in [-0.39, 0.29) is 18.5 Å². The smallest absolute Gasteiger partial charge is 0.307 e. The van der Waals surface area contributed by atoms with Gasteiger partial charge in [0.25, 0.3) is 0 Å². The van der Waals surface area contributed by atoms with Gasteiger partial charge < -0.3 is 10.8 Å². The van der Waals surface area contributed by atoms with E-state index in [1.165, 1.54) is 0 Å². The van der Waals surface area contributed by atoms with E-state index in [1.807, 2.05) is 0 Å². The SMILES string of the molecule is CC(CC(CN)C(=O)O)c1cc(F)ccc1F. The molecule has 0 heterocycles. The van der Waals surface area contributed by atoms with Gasteiger partial charge in [0.1, 0.15) is 11.6 Å². The molecule has 3 nitrogen and oxygen atoms in total. The zero-order chi connectivity index (χ0) is 13.0. The van der Waals surface area contributed by atoms with E-state index in [0.29, 0.717) is 0 Å². The molecule has 0 aliphatic heterocycles. The minimum absolute atomic E-state index is 0.0173. The first-order chi connectivity index (χ1) is 7.95. The van der Waals surface area contributed by atoms with Crippen LogP contribution in [-0.2, 0) is 4.79 Å². The van der Waals surface area contributed by atoms with E-state index in [9.17, 15) is 13.6 Å². The van der Waals surface area contributed by atoms with Crippen LogP contribution >= 0.6 is 0 Å². The number of benzene rings is 1. The van der Waals surface area contributed by atoms with Crippen molar-refractivity contribution < 1.29 is 18.7 Å². The largest absolute Gasteiger partial charge is 0.481 e. The van der Waals surface area contributed by atoms with E-state index in [0.717, 1.165) is 18.2 Å². The number of carbonyl (C=O) groups is 1. The number of carboxylic acids is 1. The van der Waals surface area contributed by atoms with Crippen LogP contribution in [-0.4, -0.2) is 17.6 Å². The summed E-state index contributed by atoms with van der Waals surface area (Å²) in [6, 6.07) is 3.16. The van der Waals surface area contributed by atoms with Crippen molar-refractivity contribution >= 4 is 5.97 Å². The molecule has 0 spiro atoms. The van der Waals surface area contributed by atoms with Gasteiger partial charge in [-0.25, -0.2) is 8.78 Å². The monoisotopic (exact) mass is 243 g/mol. The summed E-state index contributed by atoms with van der Waals surface area (Å²) in [6.45, 7) is 1.64. The van der Waals surface area contributed by atoms with Crippen LogP contribution in [0.5, 0.6) is 0 Å². The zero-order valence-corrected chi connectivity index (χ0v) is 9.49. The summed E-state index contributed by atoms with van der Waals surface area (Å²) >= 11 is 0. The maximum atomic E-state index is 13.4. The lowest BCUT2D eigenvalue weighted by atomic mass is 9.90. The molecular formula is C12H15F2NO2. The molecule has 17 heavy (non-hydrogen) atoms. The Labute approximate surface area is 98.2 Å². The minimum Gasteiger partial charge on any atom is -0.481 e. The molecule has 1 rings (SSSR count).